The number of nitrogens with zero attached hydrogens (tertiary/aromatic N) is 3. The molecule has 0 aliphatic carbocycles. The number of para-hydroxylation sites is 2. The Morgan fingerprint density at radius 2 is 1.00 bits per heavy atom. The Bertz CT molecular complexity index is 2600. The van der Waals surface area contributed by atoms with Crippen molar-refractivity contribution in [1.82, 2.24) is 0 Å². The zero-order valence-corrected chi connectivity index (χ0v) is 23.1. The van der Waals surface area contributed by atoms with Crippen molar-refractivity contribution in [2.75, 3.05) is 0 Å². The number of fused-ring (bicyclic) bond motifs is 6. The fraction of sp³-hybridized carbons (Fsp3) is 0. The van der Waals surface area contributed by atoms with E-state index in [1.54, 1.807) is 18.2 Å². The van der Waals surface area contributed by atoms with Crippen molar-refractivity contribution in [1.29, 1.82) is 15.8 Å². The summed E-state index contributed by atoms with van der Waals surface area (Å²) in [5.74, 6) is 0. The molecule has 2 heterocycles. The van der Waals surface area contributed by atoms with Crippen molar-refractivity contribution in [3.8, 4) is 51.6 Å². The molecule has 5 nitrogen and oxygen atoms in total. The second kappa shape index (κ2) is 9.74. The van der Waals surface area contributed by atoms with Gasteiger partial charge in [-0.3, -0.25) is 0 Å². The van der Waals surface area contributed by atoms with E-state index < -0.39 is 0 Å². The van der Waals surface area contributed by atoms with E-state index in [0.717, 1.165) is 66.1 Å². The predicted octanol–water partition coefficient (Wildman–Crippen LogP) is 10.1. The molecule has 44 heavy (non-hydrogen) atoms. The van der Waals surface area contributed by atoms with Crippen molar-refractivity contribution in [2.45, 2.75) is 0 Å². The highest BCUT2D eigenvalue weighted by Crippen LogP contribution is 2.43. The van der Waals surface area contributed by atoms with Crippen LogP contribution >= 0.6 is 0 Å². The molecule has 0 amide bonds. The van der Waals surface area contributed by atoms with Gasteiger partial charge in [-0.2, -0.15) is 15.8 Å². The Labute approximate surface area is 251 Å². The normalized spacial score (nSPS) is 11.1. The van der Waals surface area contributed by atoms with Crippen LogP contribution < -0.4 is 0 Å². The zero-order chi connectivity index (χ0) is 29.8. The topological polar surface area (TPSA) is 97.7 Å². The smallest absolute Gasteiger partial charge is 0.135 e. The second-order valence-electron chi connectivity index (χ2n) is 10.7. The first-order chi connectivity index (χ1) is 21.6. The largest absolute Gasteiger partial charge is 0.456 e. The van der Waals surface area contributed by atoms with Gasteiger partial charge in [0.25, 0.3) is 0 Å². The molecule has 8 rings (SSSR count). The van der Waals surface area contributed by atoms with E-state index in [-0.39, 0.29) is 0 Å². The van der Waals surface area contributed by atoms with Gasteiger partial charge in [0, 0.05) is 32.7 Å². The Morgan fingerprint density at radius 3 is 1.64 bits per heavy atom. The molecule has 6 aromatic carbocycles. The van der Waals surface area contributed by atoms with Gasteiger partial charge in [0.05, 0.1) is 34.9 Å². The van der Waals surface area contributed by atoms with E-state index in [4.69, 9.17) is 8.83 Å². The maximum Gasteiger partial charge on any atom is 0.135 e. The molecule has 202 valence electrons. The second-order valence-corrected chi connectivity index (χ2v) is 10.7. The molecule has 0 saturated carbocycles. The first-order valence-corrected chi connectivity index (χ1v) is 14.0. The molecule has 0 saturated heterocycles. The molecule has 0 bridgehead atoms. The summed E-state index contributed by atoms with van der Waals surface area (Å²) in [6.07, 6.45) is 0. The summed E-state index contributed by atoms with van der Waals surface area (Å²) >= 11 is 0. The lowest BCUT2D eigenvalue weighted by Crippen LogP contribution is -1.95. The highest BCUT2D eigenvalue weighted by molar-refractivity contribution is 6.08. The molecule has 0 unspecified atom stereocenters. The van der Waals surface area contributed by atoms with Crippen LogP contribution in [0.4, 0.5) is 0 Å². The van der Waals surface area contributed by atoms with Gasteiger partial charge in [0.1, 0.15) is 22.3 Å². The van der Waals surface area contributed by atoms with Crippen LogP contribution in [0.25, 0.3) is 77.3 Å². The van der Waals surface area contributed by atoms with Crippen LogP contribution in [-0.4, -0.2) is 0 Å². The van der Waals surface area contributed by atoms with Crippen molar-refractivity contribution >= 4 is 43.9 Å². The van der Waals surface area contributed by atoms with Crippen LogP contribution in [0.15, 0.2) is 124 Å². The summed E-state index contributed by atoms with van der Waals surface area (Å²) in [5.41, 5.74) is 9.01. The number of rotatable bonds is 3. The van der Waals surface area contributed by atoms with Crippen molar-refractivity contribution in [3.05, 3.63) is 132 Å². The van der Waals surface area contributed by atoms with Gasteiger partial charge in [-0.1, -0.05) is 54.6 Å². The van der Waals surface area contributed by atoms with Gasteiger partial charge in [-0.05, 0) is 82.9 Å². The van der Waals surface area contributed by atoms with Gasteiger partial charge in [-0.25, -0.2) is 0 Å². The maximum atomic E-state index is 10.6. The average molecular weight is 562 g/mol. The Morgan fingerprint density at radius 1 is 0.409 bits per heavy atom. The zero-order valence-electron chi connectivity index (χ0n) is 23.1. The van der Waals surface area contributed by atoms with Crippen molar-refractivity contribution in [3.63, 3.8) is 0 Å². The molecule has 0 atom stereocenters. The van der Waals surface area contributed by atoms with Crippen LogP contribution in [0.1, 0.15) is 16.7 Å². The van der Waals surface area contributed by atoms with Crippen LogP contribution in [0.3, 0.4) is 0 Å². The summed E-state index contributed by atoms with van der Waals surface area (Å²) in [6, 6.07) is 43.6. The molecule has 0 aliphatic rings. The first kappa shape index (κ1) is 25.1. The van der Waals surface area contributed by atoms with Crippen molar-refractivity contribution in [2.24, 2.45) is 0 Å². The number of benzene rings is 6. The van der Waals surface area contributed by atoms with Crippen LogP contribution in [-0.2, 0) is 0 Å². The maximum absolute atomic E-state index is 10.6. The van der Waals surface area contributed by atoms with E-state index in [9.17, 15) is 15.8 Å². The third-order valence-corrected chi connectivity index (χ3v) is 8.19. The summed E-state index contributed by atoms with van der Waals surface area (Å²) in [4.78, 5) is 0. The van der Waals surface area contributed by atoms with E-state index in [1.807, 2.05) is 91.0 Å². The van der Waals surface area contributed by atoms with Crippen LogP contribution in [0.5, 0.6) is 0 Å². The molecule has 0 N–H and O–H groups in total. The monoisotopic (exact) mass is 561 g/mol. The lowest BCUT2D eigenvalue weighted by molar-refractivity contribution is 0.668. The van der Waals surface area contributed by atoms with Gasteiger partial charge in [0.2, 0.25) is 0 Å². The fourth-order valence-corrected chi connectivity index (χ4v) is 6.15. The average Bonchev–Trinajstić information content (AvgIpc) is 3.65. The summed E-state index contributed by atoms with van der Waals surface area (Å²) in [7, 11) is 0. The Balaban J connectivity index is 1.42. The van der Waals surface area contributed by atoms with Crippen molar-refractivity contribution < 1.29 is 8.83 Å². The van der Waals surface area contributed by atoms with E-state index in [2.05, 4.69) is 24.3 Å². The summed E-state index contributed by atoms with van der Waals surface area (Å²) < 4.78 is 12.1. The fourth-order valence-electron chi connectivity index (χ4n) is 6.15. The Kier molecular flexibility index (Phi) is 5.56. The molecular formula is C39H19N3O2. The summed E-state index contributed by atoms with van der Waals surface area (Å²) in [6.45, 7) is 0. The van der Waals surface area contributed by atoms with Gasteiger partial charge in [-0.15, -0.1) is 0 Å². The minimum absolute atomic E-state index is 0.359. The standard InChI is InChI=1S/C39H19N3O2/c40-20-23-9-12-29(27(15-23)21-41)34-19-26(24-10-13-37-32(17-24)30-5-1-3-7-35(30)43-37)16-28(22-42)39(34)25-11-14-38-33(18-25)31-6-2-4-8-36(31)44-38/h1-19H. The van der Waals surface area contributed by atoms with E-state index >= 15 is 0 Å². The minimum Gasteiger partial charge on any atom is -0.456 e. The van der Waals surface area contributed by atoms with E-state index in [1.165, 1.54) is 0 Å². The van der Waals surface area contributed by atoms with Crippen LogP contribution in [0, 0.1) is 34.0 Å². The number of hydrogen-bond acceptors (Lipinski definition) is 5. The number of hydrogen-bond donors (Lipinski definition) is 0. The first-order valence-electron chi connectivity index (χ1n) is 14.0. The predicted molar refractivity (Wildman–Crippen MR) is 171 cm³/mol. The SMILES string of the molecule is N#Cc1ccc(-c2cc(-c3ccc4oc5ccccc5c4c3)cc(C#N)c2-c2ccc3oc4ccccc4c3c2)c(C#N)c1. The summed E-state index contributed by atoms with van der Waals surface area (Å²) in [5, 5.41) is 34.2. The highest BCUT2D eigenvalue weighted by atomic mass is 16.3. The highest BCUT2D eigenvalue weighted by Gasteiger charge is 2.20. The quantitative estimate of drug-likeness (QED) is 0.214. The van der Waals surface area contributed by atoms with Crippen LogP contribution in [0.2, 0.25) is 0 Å². The van der Waals surface area contributed by atoms with Gasteiger partial charge < -0.3 is 8.83 Å². The molecule has 0 radical (unpaired) electrons. The minimum atomic E-state index is 0.359. The van der Waals surface area contributed by atoms with Gasteiger partial charge in [0.15, 0.2) is 0 Å². The third kappa shape index (κ3) is 3.84. The van der Waals surface area contributed by atoms with Gasteiger partial charge >= 0.3 is 0 Å². The molecule has 0 spiro atoms. The molecule has 2 aromatic heterocycles. The molecule has 5 heteroatoms. The Hall–Kier alpha value is -6.61. The molecule has 0 fully saturated rings. The number of nitriles is 3. The van der Waals surface area contributed by atoms with E-state index in [0.29, 0.717) is 27.8 Å². The third-order valence-electron chi connectivity index (χ3n) is 8.19. The number of furan rings is 2. The lowest BCUT2D eigenvalue weighted by Gasteiger charge is -2.16. The molecule has 8 aromatic rings. The molecule has 0 aliphatic heterocycles. The lowest BCUT2D eigenvalue weighted by atomic mass is 9.85. The molecular weight excluding hydrogens is 542 g/mol.